The van der Waals surface area contributed by atoms with Gasteiger partial charge in [0.2, 0.25) is 0 Å². The average molecular weight is 339 g/mol. The SMILES string of the molecule is CCN(CC)C(CNC(=O)c1ccc(N(C)C)cc1)c1ccccc1. The van der Waals surface area contributed by atoms with Crippen LogP contribution in [0.15, 0.2) is 54.6 Å². The summed E-state index contributed by atoms with van der Waals surface area (Å²) in [5, 5.41) is 3.10. The van der Waals surface area contributed by atoms with E-state index in [1.54, 1.807) is 0 Å². The Morgan fingerprint density at radius 2 is 1.56 bits per heavy atom. The van der Waals surface area contributed by atoms with Crippen LogP contribution in [0.2, 0.25) is 0 Å². The lowest BCUT2D eigenvalue weighted by Crippen LogP contribution is -2.38. The van der Waals surface area contributed by atoms with Crippen molar-refractivity contribution in [2.45, 2.75) is 19.9 Å². The topological polar surface area (TPSA) is 35.6 Å². The van der Waals surface area contributed by atoms with E-state index in [2.05, 4.69) is 36.2 Å². The van der Waals surface area contributed by atoms with E-state index >= 15 is 0 Å². The molecule has 0 heterocycles. The second-order valence-electron chi connectivity index (χ2n) is 6.30. The molecule has 0 aliphatic carbocycles. The minimum atomic E-state index is -0.0293. The molecule has 4 heteroatoms. The first-order valence-corrected chi connectivity index (χ1v) is 8.91. The molecule has 2 aromatic carbocycles. The minimum Gasteiger partial charge on any atom is -0.378 e. The maximum Gasteiger partial charge on any atom is 0.251 e. The molecule has 2 rings (SSSR count). The number of rotatable bonds is 8. The molecule has 134 valence electrons. The van der Waals surface area contributed by atoms with Crippen molar-refractivity contribution in [1.29, 1.82) is 0 Å². The number of hydrogen-bond acceptors (Lipinski definition) is 3. The Hall–Kier alpha value is -2.33. The molecule has 0 fully saturated rings. The van der Waals surface area contributed by atoms with E-state index in [4.69, 9.17) is 0 Å². The first-order chi connectivity index (χ1) is 12.1. The van der Waals surface area contributed by atoms with Gasteiger partial charge in [-0.15, -0.1) is 0 Å². The Kier molecular flexibility index (Phi) is 7.02. The highest BCUT2D eigenvalue weighted by molar-refractivity contribution is 5.94. The fourth-order valence-corrected chi connectivity index (χ4v) is 3.00. The zero-order valence-corrected chi connectivity index (χ0v) is 15.7. The molecule has 0 bridgehead atoms. The van der Waals surface area contributed by atoms with Gasteiger partial charge in [0.25, 0.3) is 5.91 Å². The van der Waals surface area contributed by atoms with Gasteiger partial charge in [-0.1, -0.05) is 44.2 Å². The van der Waals surface area contributed by atoms with E-state index in [-0.39, 0.29) is 11.9 Å². The second kappa shape index (κ2) is 9.23. The van der Waals surface area contributed by atoms with Gasteiger partial charge >= 0.3 is 0 Å². The first-order valence-electron chi connectivity index (χ1n) is 8.91. The number of likely N-dealkylation sites (N-methyl/N-ethyl adjacent to an activating group) is 1. The maximum absolute atomic E-state index is 12.5. The Labute approximate surface area is 151 Å². The van der Waals surface area contributed by atoms with Crippen molar-refractivity contribution in [1.82, 2.24) is 10.2 Å². The third-order valence-electron chi connectivity index (χ3n) is 4.54. The number of hydrogen-bond donors (Lipinski definition) is 1. The average Bonchev–Trinajstić information content (AvgIpc) is 2.65. The first kappa shape index (κ1) is 19.0. The summed E-state index contributed by atoms with van der Waals surface area (Å²) in [5.74, 6) is -0.0293. The fraction of sp³-hybridized carbons (Fsp3) is 0.381. The van der Waals surface area contributed by atoms with E-state index in [9.17, 15) is 4.79 Å². The Morgan fingerprint density at radius 3 is 2.08 bits per heavy atom. The largest absolute Gasteiger partial charge is 0.378 e. The summed E-state index contributed by atoms with van der Waals surface area (Å²) in [6.45, 7) is 6.80. The van der Waals surface area contributed by atoms with Crippen LogP contribution < -0.4 is 10.2 Å². The third kappa shape index (κ3) is 5.07. The summed E-state index contributed by atoms with van der Waals surface area (Å²) in [7, 11) is 3.98. The highest BCUT2D eigenvalue weighted by Gasteiger charge is 2.19. The lowest BCUT2D eigenvalue weighted by atomic mass is 10.0. The molecule has 4 nitrogen and oxygen atoms in total. The van der Waals surface area contributed by atoms with Crippen LogP contribution in [0.1, 0.15) is 35.8 Å². The number of carbonyl (C=O) groups excluding carboxylic acids is 1. The van der Waals surface area contributed by atoms with Gasteiger partial charge in [0.05, 0.1) is 6.04 Å². The van der Waals surface area contributed by atoms with Crippen LogP contribution in [0.25, 0.3) is 0 Å². The van der Waals surface area contributed by atoms with Crippen LogP contribution in [-0.2, 0) is 0 Å². The number of benzene rings is 2. The normalized spacial score (nSPS) is 12.0. The molecule has 0 saturated heterocycles. The molecule has 2 aromatic rings. The van der Waals surface area contributed by atoms with Crippen LogP contribution in [0.5, 0.6) is 0 Å². The van der Waals surface area contributed by atoms with Crippen LogP contribution >= 0.6 is 0 Å². The molecule has 0 aromatic heterocycles. The van der Waals surface area contributed by atoms with Crippen molar-refractivity contribution in [3.63, 3.8) is 0 Å². The van der Waals surface area contributed by atoms with Gasteiger partial charge in [0.1, 0.15) is 0 Å². The molecule has 0 saturated carbocycles. The van der Waals surface area contributed by atoms with E-state index in [0.29, 0.717) is 12.1 Å². The summed E-state index contributed by atoms with van der Waals surface area (Å²) < 4.78 is 0. The molecule has 1 N–H and O–H groups in total. The summed E-state index contributed by atoms with van der Waals surface area (Å²) in [5.41, 5.74) is 3.01. The van der Waals surface area contributed by atoms with Crippen molar-refractivity contribution >= 4 is 11.6 Å². The van der Waals surface area contributed by atoms with Gasteiger partial charge in [-0.2, -0.15) is 0 Å². The van der Waals surface area contributed by atoms with E-state index in [0.717, 1.165) is 18.8 Å². The highest BCUT2D eigenvalue weighted by Crippen LogP contribution is 2.20. The number of carbonyl (C=O) groups is 1. The number of nitrogens with zero attached hydrogens (tertiary/aromatic N) is 2. The number of anilines is 1. The number of amides is 1. The van der Waals surface area contributed by atoms with Crippen molar-refractivity contribution in [2.75, 3.05) is 38.6 Å². The molecule has 0 radical (unpaired) electrons. The van der Waals surface area contributed by atoms with Crippen LogP contribution in [0.4, 0.5) is 5.69 Å². The lowest BCUT2D eigenvalue weighted by Gasteiger charge is -2.30. The molecule has 1 amide bonds. The van der Waals surface area contributed by atoms with Crippen LogP contribution in [0, 0.1) is 0 Å². The van der Waals surface area contributed by atoms with Gasteiger partial charge in [-0.05, 0) is 42.9 Å². The molecule has 1 atom stereocenters. The Balaban J connectivity index is 2.07. The quantitative estimate of drug-likeness (QED) is 0.799. The molecular formula is C21H29N3O. The summed E-state index contributed by atoms with van der Waals surface area (Å²) in [4.78, 5) is 16.9. The van der Waals surface area contributed by atoms with Crippen molar-refractivity contribution in [2.24, 2.45) is 0 Å². The highest BCUT2D eigenvalue weighted by atomic mass is 16.1. The van der Waals surface area contributed by atoms with Gasteiger partial charge in [0.15, 0.2) is 0 Å². The van der Waals surface area contributed by atoms with E-state index in [1.807, 2.05) is 61.5 Å². The fourth-order valence-electron chi connectivity index (χ4n) is 3.00. The minimum absolute atomic E-state index is 0.0293. The smallest absolute Gasteiger partial charge is 0.251 e. The standard InChI is InChI=1S/C21H29N3O/c1-5-24(6-2)20(17-10-8-7-9-11-17)16-22-21(25)18-12-14-19(15-13-18)23(3)4/h7-15,20H,5-6,16H2,1-4H3,(H,22,25). The van der Waals surface area contributed by atoms with Crippen molar-refractivity contribution < 1.29 is 4.79 Å². The van der Waals surface area contributed by atoms with Gasteiger partial charge < -0.3 is 10.2 Å². The molecule has 0 spiro atoms. The second-order valence-corrected chi connectivity index (χ2v) is 6.30. The Bertz CT molecular complexity index is 649. The van der Waals surface area contributed by atoms with Crippen molar-refractivity contribution in [3.8, 4) is 0 Å². The van der Waals surface area contributed by atoms with Crippen molar-refractivity contribution in [3.05, 3.63) is 65.7 Å². The monoisotopic (exact) mass is 339 g/mol. The molecule has 25 heavy (non-hydrogen) atoms. The zero-order chi connectivity index (χ0) is 18.2. The summed E-state index contributed by atoms with van der Waals surface area (Å²) in [6.07, 6.45) is 0. The van der Waals surface area contributed by atoms with E-state index in [1.165, 1.54) is 5.56 Å². The predicted molar refractivity (Wildman–Crippen MR) is 105 cm³/mol. The van der Waals surface area contributed by atoms with Gasteiger partial charge in [0, 0.05) is 31.9 Å². The lowest BCUT2D eigenvalue weighted by molar-refractivity contribution is 0.0935. The van der Waals surface area contributed by atoms with Crippen LogP contribution in [-0.4, -0.2) is 44.5 Å². The maximum atomic E-state index is 12.5. The molecule has 0 aliphatic heterocycles. The molecule has 0 aliphatic rings. The summed E-state index contributed by atoms with van der Waals surface area (Å²) in [6, 6.07) is 18.2. The zero-order valence-electron chi connectivity index (χ0n) is 15.7. The molecule has 1 unspecified atom stereocenters. The Morgan fingerprint density at radius 1 is 0.960 bits per heavy atom. The predicted octanol–water partition coefficient (Wildman–Crippen LogP) is 3.57. The van der Waals surface area contributed by atoms with E-state index < -0.39 is 0 Å². The third-order valence-corrected chi connectivity index (χ3v) is 4.54. The number of nitrogens with one attached hydrogen (secondary N) is 1. The van der Waals surface area contributed by atoms with Crippen LogP contribution in [0.3, 0.4) is 0 Å². The van der Waals surface area contributed by atoms with Gasteiger partial charge in [-0.3, -0.25) is 9.69 Å². The summed E-state index contributed by atoms with van der Waals surface area (Å²) >= 11 is 0. The van der Waals surface area contributed by atoms with Gasteiger partial charge in [-0.25, -0.2) is 0 Å². The molecular weight excluding hydrogens is 310 g/mol.